The summed E-state index contributed by atoms with van der Waals surface area (Å²) < 4.78 is 0. The van der Waals surface area contributed by atoms with Crippen LogP contribution < -0.4 is 5.32 Å². The second-order valence-corrected chi connectivity index (χ2v) is 5.51. The number of hydrogen-bond acceptors (Lipinski definition) is 2. The Kier molecular flexibility index (Phi) is 4.14. The summed E-state index contributed by atoms with van der Waals surface area (Å²) in [4.78, 5) is 2.58. The first-order valence-electron chi connectivity index (χ1n) is 7.41. The first-order chi connectivity index (χ1) is 9.84. The van der Waals surface area contributed by atoms with Gasteiger partial charge in [0.25, 0.3) is 0 Å². The van der Waals surface area contributed by atoms with Crippen molar-refractivity contribution in [3.63, 3.8) is 0 Å². The number of nitrogens with one attached hydrogen (secondary N) is 1. The zero-order valence-electron chi connectivity index (χ0n) is 12.0. The average molecular weight is 266 g/mol. The van der Waals surface area contributed by atoms with Crippen molar-refractivity contribution in [1.82, 2.24) is 10.2 Å². The number of rotatable bonds is 3. The molecule has 0 radical (unpaired) electrons. The monoisotopic (exact) mass is 266 g/mol. The van der Waals surface area contributed by atoms with E-state index in [9.17, 15) is 0 Å². The zero-order valence-corrected chi connectivity index (χ0v) is 12.0. The van der Waals surface area contributed by atoms with Gasteiger partial charge in [0.2, 0.25) is 0 Å². The molecule has 0 unspecified atom stereocenters. The molecule has 3 rings (SSSR count). The van der Waals surface area contributed by atoms with E-state index >= 15 is 0 Å². The Hall–Kier alpha value is -1.64. The molecular weight excluding hydrogens is 244 g/mol. The molecule has 0 bridgehead atoms. The fraction of sp³-hybridized carbons (Fsp3) is 0.333. The van der Waals surface area contributed by atoms with E-state index in [-0.39, 0.29) is 0 Å². The van der Waals surface area contributed by atoms with Gasteiger partial charge in [-0.05, 0) is 18.1 Å². The number of piperazine rings is 1. The largest absolute Gasteiger partial charge is 0.314 e. The molecule has 0 spiro atoms. The van der Waals surface area contributed by atoms with Gasteiger partial charge in [-0.15, -0.1) is 0 Å². The molecule has 1 heterocycles. The maximum Gasteiger partial charge on any atom is 0.0602 e. The molecule has 104 valence electrons. The summed E-state index contributed by atoms with van der Waals surface area (Å²) in [6, 6.07) is 20.2. The van der Waals surface area contributed by atoms with Crippen LogP contribution in [0.3, 0.4) is 0 Å². The highest BCUT2D eigenvalue weighted by atomic mass is 15.2. The van der Waals surface area contributed by atoms with Gasteiger partial charge in [0.05, 0.1) is 6.04 Å². The number of aryl methyl sites for hydroxylation is 1. The summed E-state index contributed by atoms with van der Waals surface area (Å²) in [5.41, 5.74) is 4.10. The third-order valence-corrected chi connectivity index (χ3v) is 4.03. The van der Waals surface area contributed by atoms with Gasteiger partial charge in [-0.25, -0.2) is 0 Å². The minimum atomic E-state index is 0.374. The Morgan fingerprint density at radius 3 is 2.10 bits per heavy atom. The molecule has 1 N–H and O–H groups in total. The molecular formula is C18H22N2. The van der Waals surface area contributed by atoms with Crippen molar-refractivity contribution in [3.05, 3.63) is 71.3 Å². The lowest BCUT2D eigenvalue weighted by molar-refractivity contribution is 0.198. The van der Waals surface area contributed by atoms with Crippen LogP contribution in [0, 0.1) is 6.92 Å². The van der Waals surface area contributed by atoms with Crippen molar-refractivity contribution in [2.24, 2.45) is 0 Å². The van der Waals surface area contributed by atoms with E-state index < -0.39 is 0 Å². The smallest absolute Gasteiger partial charge is 0.0602 e. The Bertz CT molecular complexity index is 527. The van der Waals surface area contributed by atoms with Crippen LogP contribution in [-0.4, -0.2) is 31.1 Å². The third-order valence-electron chi connectivity index (χ3n) is 4.03. The fourth-order valence-electron chi connectivity index (χ4n) is 2.94. The quantitative estimate of drug-likeness (QED) is 0.919. The van der Waals surface area contributed by atoms with E-state index in [0.717, 1.165) is 26.2 Å². The lowest BCUT2D eigenvalue weighted by Gasteiger charge is -2.35. The van der Waals surface area contributed by atoms with E-state index in [0.29, 0.717) is 6.04 Å². The minimum absolute atomic E-state index is 0.374. The van der Waals surface area contributed by atoms with Gasteiger partial charge in [-0.3, -0.25) is 4.90 Å². The van der Waals surface area contributed by atoms with E-state index in [1.54, 1.807) is 0 Å². The molecule has 0 saturated carbocycles. The zero-order chi connectivity index (χ0) is 13.8. The molecule has 0 aliphatic carbocycles. The highest BCUT2D eigenvalue weighted by molar-refractivity contribution is 5.33. The molecule has 1 aliphatic heterocycles. The second kappa shape index (κ2) is 6.21. The molecule has 1 aliphatic rings. The second-order valence-electron chi connectivity index (χ2n) is 5.51. The van der Waals surface area contributed by atoms with E-state index in [1.165, 1.54) is 16.7 Å². The van der Waals surface area contributed by atoms with Crippen molar-refractivity contribution < 1.29 is 0 Å². The van der Waals surface area contributed by atoms with Crippen LogP contribution in [0.4, 0.5) is 0 Å². The highest BCUT2D eigenvalue weighted by Gasteiger charge is 2.23. The molecule has 20 heavy (non-hydrogen) atoms. The van der Waals surface area contributed by atoms with Crippen molar-refractivity contribution in [2.75, 3.05) is 26.2 Å². The first-order valence-corrected chi connectivity index (χ1v) is 7.41. The van der Waals surface area contributed by atoms with Crippen molar-refractivity contribution in [2.45, 2.75) is 13.0 Å². The summed E-state index contributed by atoms with van der Waals surface area (Å²) in [6.07, 6.45) is 0. The standard InChI is InChI=1S/C18H22N2/c1-15-7-9-17(10-8-15)18(16-5-3-2-4-6-16)20-13-11-19-12-14-20/h2-10,18-19H,11-14H2,1H3/t18-/m1/s1. The predicted octanol–water partition coefficient (Wildman–Crippen LogP) is 2.99. The van der Waals surface area contributed by atoms with Crippen LogP contribution in [0.5, 0.6) is 0 Å². The van der Waals surface area contributed by atoms with Crippen LogP contribution in [0.1, 0.15) is 22.7 Å². The lowest BCUT2D eigenvalue weighted by Crippen LogP contribution is -2.45. The van der Waals surface area contributed by atoms with Gasteiger partial charge in [0.1, 0.15) is 0 Å². The van der Waals surface area contributed by atoms with Crippen molar-refractivity contribution >= 4 is 0 Å². The van der Waals surface area contributed by atoms with Gasteiger partial charge >= 0.3 is 0 Å². The van der Waals surface area contributed by atoms with Crippen LogP contribution in [0.15, 0.2) is 54.6 Å². The maximum absolute atomic E-state index is 3.44. The topological polar surface area (TPSA) is 15.3 Å². The van der Waals surface area contributed by atoms with Crippen LogP contribution in [0.2, 0.25) is 0 Å². The Morgan fingerprint density at radius 2 is 1.45 bits per heavy atom. The molecule has 1 fully saturated rings. The van der Waals surface area contributed by atoms with E-state index in [4.69, 9.17) is 0 Å². The van der Waals surface area contributed by atoms with Crippen molar-refractivity contribution in [1.29, 1.82) is 0 Å². The lowest BCUT2D eigenvalue weighted by atomic mass is 9.96. The van der Waals surface area contributed by atoms with Crippen LogP contribution in [-0.2, 0) is 0 Å². The summed E-state index contributed by atoms with van der Waals surface area (Å²) >= 11 is 0. The highest BCUT2D eigenvalue weighted by Crippen LogP contribution is 2.28. The molecule has 2 heteroatoms. The molecule has 2 nitrogen and oxygen atoms in total. The van der Waals surface area contributed by atoms with Gasteiger partial charge in [0.15, 0.2) is 0 Å². The van der Waals surface area contributed by atoms with E-state index in [2.05, 4.69) is 71.7 Å². The maximum atomic E-state index is 3.44. The molecule has 2 aromatic rings. The molecule has 2 aromatic carbocycles. The van der Waals surface area contributed by atoms with Gasteiger partial charge in [-0.2, -0.15) is 0 Å². The molecule has 1 saturated heterocycles. The normalized spacial score (nSPS) is 17.9. The van der Waals surface area contributed by atoms with Crippen molar-refractivity contribution in [3.8, 4) is 0 Å². The van der Waals surface area contributed by atoms with Crippen LogP contribution in [0.25, 0.3) is 0 Å². The Labute approximate surface area is 121 Å². The molecule has 0 amide bonds. The molecule has 0 aromatic heterocycles. The number of benzene rings is 2. The number of hydrogen-bond donors (Lipinski definition) is 1. The minimum Gasteiger partial charge on any atom is -0.314 e. The van der Waals surface area contributed by atoms with Gasteiger partial charge in [-0.1, -0.05) is 60.2 Å². The SMILES string of the molecule is Cc1ccc([C@@H](c2ccccc2)N2CCNCC2)cc1. The third kappa shape index (κ3) is 2.92. The molecule has 1 atom stereocenters. The summed E-state index contributed by atoms with van der Waals surface area (Å²) in [5.74, 6) is 0. The summed E-state index contributed by atoms with van der Waals surface area (Å²) in [7, 11) is 0. The first kappa shape index (κ1) is 13.3. The fourth-order valence-corrected chi connectivity index (χ4v) is 2.94. The van der Waals surface area contributed by atoms with Gasteiger partial charge < -0.3 is 5.32 Å². The summed E-state index contributed by atoms with van der Waals surface area (Å²) in [5, 5.41) is 3.44. The Morgan fingerprint density at radius 1 is 0.850 bits per heavy atom. The number of nitrogens with zero attached hydrogens (tertiary/aromatic N) is 1. The van der Waals surface area contributed by atoms with Crippen LogP contribution >= 0.6 is 0 Å². The summed E-state index contributed by atoms with van der Waals surface area (Å²) in [6.45, 7) is 6.51. The average Bonchev–Trinajstić information content (AvgIpc) is 2.52. The Balaban J connectivity index is 1.96. The van der Waals surface area contributed by atoms with E-state index in [1.807, 2.05) is 0 Å². The predicted molar refractivity (Wildman–Crippen MR) is 83.9 cm³/mol. The van der Waals surface area contributed by atoms with Gasteiger partial charge in [0, 0.05) is 26.2 Å².